The van der Waals surface area contributed by atoms with Crippen molar-refractivity contribution in [3.63, 3.8) is 0 Å². The smallest absolute Gasteiger partial charge is 0.261 e. The molecule has 1 aromatic heterocycles. The Balaban J connectivity index is 1.92. The molecule has 1 aliphatic heterocycles. The Hall–Kier alpha value is -1.57. The number of aromatic nitrogens is 2. The molecule has 2 aromatic rings. The summed E-state index contributed by atoms with van der Waals surface area (Å²) in [4.78, 5) is 3.86. The predicted octanol–water partition coefficient (Wildman–Crippen LogP) is 1.88. The Kier molecular flexibility index (Phi) is 3.64. The molecule has 1 unspecified atom stereocenters. The second-order valence-corrected chi connectivity index (χ2v) is 6.79. The molecular weight excluding hydrogens is 314 g/mol. The fraction of sp³-hybridized carbons (Fsp3) is 0.308. The van der Waals surface area contributed by atoms with Crippen LogP contribution in [0.25, 0.3) is 0 Å². The molecule has 0 spiro atoms. The van der Waals surface area contributed by atoms with Gasteiger partial charge >= 0.3 is 0 Å². The number of benzene rings is 1. The minimum atomic E-state index is -3.78. The number of para-hydroxylation sites is 1. The van der Waals surface area contributed by atoms with Crippen LogP contribution in [0.15, 0.2) is 35.6 Å². The van der Waals surface area contributed by atoms with Gasteiger partial charge in [-0.1, -0.05) is 29.8 Å². The SMILES string of the molecule is Cn1cnc(S(=O)(=O)NC2CCOc3ccccc32)c1Cl. The number of hydrogen-bond donors (Lipinski definition) is 1. The average molecular weight is 328 g/mol. The molecule has 21 heavy (non-hydrogen) atoms. The van der Waals surface area contributed by atoms with Crippen molar-refractivity contribution in [3.8, 4) is 5.75 Å². The lowest BCUT2D eigenvalue weighted by atomic mass is 10.0. The van der Waals surface area contributed by atoms with E-state index in [9.17, 15) is 8.42 Å². The number of nitrogens with one attached hydrogen (secondary N) is 1. The number of sulfonamides is 1. The number of rotatable bonds is 3. The minimum absolute atomic E-state index is 0.0860. The van der Waals surface area contributed by atoms with Gasteiger partial charge in [0.25, 0.3) is 10.0 Å². The highest BCUT2D eigenvalue weighted by Gasteiger charge is 2.29. The summed E-state index contributed by atoms with van der Waals surface area (Å²) in [5.41, 5.74) is 0.819. The Morgan fingerprint density at radius 1 is 1.43 bits per heavy atom. The van der Waals surface area contributed by atoms with E-state index in [1.165, 1.54) is 10.9 Å². The molecule has 0 fully saturated rings. The summed E-state index contributed by atoms with van der Waals surface area (Å²) >= 11 is 5.97. The molecule has 0 saturated heterocycles. The van der Waals surface area contributed by atoms with Crippen LogP contribution in [-0.4, -0.2) is 24.6 Å². The number of halogens is 1. The molecule has 112 valence electrons. The van der Waals surface area contributed by atoms with Gasteiger partial charge in [-0.05, 0) is 6.07 Å². The normalized spacial score (nSPS) is 18.1. The summed E-state index contributed by atoms with van der Waals surface area (Å²) in [6.45, 7) is 0.458. The summed E-state index contributed by atoms with van der Waals surface area (Å²) in [6, 6.07) is 7.03. The van der Waals surface area contributed by atoms with E-state index in [2.05, 4.69) is 9.71 Å². The van der Waals surface area contributed by atoms with Gasteiger partial charge in [-0.3, -0.25) is 0 Å². The van der Waals surface area contributed by atoms with E-state index in [1.807, 2.05) is 24.3 Å². The lowest BCUT2D eigenvalue weighted by Crippen LogP contribution is -2.32. The average Bonchev–Trinajstić information content (AvgIpc) is 2.80. The molecule has 0 saturated carbocycles. The van der Waals surface area contributed by atoms with Crippen LogP contribution in [-0.2, 0) is 17.1 Å². The summed E-state index contributed by atoms with van der Waals surface area (Å²) in [5, 5.41) is -0.0708. The third-order valence-electron chi connectivity index (χ3n) is 3.34. The Morgan fingerprint density at radius 2 is 2.19 bits per heavy atom. The van der Waals surface area contributed by atoms with Gasteiger partial charge in [0.15, 0.2) is 0 Å². The second kappa shape index (κ2) is 5.32. The van der Waals surface area contributed by atoms with Gasteiger partial charge in [-0.25, -0.2) is 18.1 Å². The first-order valence-corrected chi connectivity index (χ1v) is 8.26. The molecule has 1 aromatic carbocycles. The van der Waals surface area contributed by atoms with Crippen molar-refractivity contribution >= 4 is 21.6 Å². The summed E-state index contributed by atoms with van der Waals surface area (Å²) in [5.74, 6) is 0.698. The molecule has 0 aliphatic carbocycles. The molecule has 0 radical (unpaired) electrons. The van der Waals surface area contributed by atoms with Gasteiger partial charge in [-0.2, -0.15) is 0 Å². The van der Waals surface area contributed by atoms with E-state index in [0.29, 0.717) is 18.8 Å². The van der Waals surface area contributed by atoms with E-state index in [0.717, 1.165) is 5.56 Å². The number of aryl methyl sites for hydroxylation is 1. The van der Waals surface area contributed by atoms with Crippen LogP contribution >= 0.6 is 11.6 Å². The number of ether oxygens (including phenoxy) is 1. The van der Waals surface area contributed by atoms with Gasteiger partial charge < -0.3 is 9.30 Å². The third kappa shape index (κ3) is 2.64. The highest BCUT2D eigenvalue weighted by molar-refractivity contribution is 7.89. The number of imidazole rings is 1. The van der Waals surface area contributed by atoms with Gasteiger partial charge in [0.2, 0.25) is 5.03 Å². The largest absolute Gasteiger partial charge is 0.493 e. The maximum Gasteiger partial charge on any atom is 0.261 e. The van der Waals surface area contributed by atoms with Crippen molar-refractivity contribution < 1.29 is 13.2 Å². The van der Waals surface area contributed by atoms with Crippen LogP contribution in [0, 0.1) is 0 Å². The fourth-order valence-corrected chi connectivity index (χ4v) is 3.96. The van der Waals surface area contributed by atoms with Crippen LogP contribution in [0.5, 0.6) is 5.75 Å². The summed E-state index contributed by atoms with van der Waals surface area (Å²) in [6.07, 6.45) is 1.93. The molecule has 8 heteroatoms. The van der Waals surface area contributed by atoms with Crippen LogP contribution in [0.3, 0.4) is 0 Å². The van der Waals surface area contributed by atoms with Crippen molar-refractivity contribution in [2.45, 2.75) is 17.5 Å². The predicted molar refractivity (Wildman–Crippen MR) is 77.8 cm³/mol. The fourth-order valence-electron chi connectivity index (χ4n) is 2.28. The first-order valence-electron chi connectivity index (χ1n) is 6.40. The Bertz CT molecular complexity index is 773. The molecule has 1 atom stereocenters. The maximum atomic E-state index is 12.4. The third-order valence-corrected chi connectivity index (χ3v) is 5.31. The number of hydrogen-bond acceptors (Lipinski definition) is 4. The first kappa shape index (κ1) is 14.4. The van der Waals surface area contributed by atoms with Gasteiger partial charge in [0, 0.05) is 19.0 Å². The maximum absolute atomic E-state index is 12.4. The number of nitrogens with zero attached hydrogens (tertiary/aromatic N) is 2. The van der Waals surface area contributed by atoms with E-state index < -0.39 is 10.0 Å². The minimum Gasteiger partial charge on any atom is -0.493 e. The zero-order valence-corrected chi connectivity index (χ0v) is 12.9. The molecular formula is C13H14ClN3O3S. The molecule has 1 N–H and O–H groups in total. The summed E-state index contributed by atoms with van der Waals surface area (Å²) in [7, 11) is -2.14. The van der Waals surface area contributed by atoms with Crippen molar-refractivity contribution in [2.24, 2.45) is 7.05 Å². The zero-order valence-electron chi connectivity index (χ0n) is 11.3. The molecule has 3 rings (SSSR count). The number of fused-ring (bicyclic) bond motifs is 1. The van der Waals surface area contributed by atoms with Crippen molar-refractivity contribution in [2.75, 3.05) is 6.61 Å². The molecule has 2 heterocycles. The second-order valence-electron chi connectivity index (χ2n) is 4.80. The molecule has 6 nitrogen and oxygen atoms in total. The Morgan fingerprint density at radius 3 is 2.90 bits per heavy atom. The van der Waals surface area contributed by atoms with Crippen LogP contribution in [0.4, 0.5) is 0 Å². The van der Waals surface area contributed by atoms with Crippen LogP contribution in [0.1, 0.15) is 18.0 Å². The zero-order chi connectivity index (χ0) is 15.0. The highest BCUT2D eigenvalue weighted by Crippen LogP contribution is 2.33. The van der Waals surface area contributed by atoms with Crippen LogP contribution in [0.2, 0.25) is 5.15 Å². The topological polar surface area (TPSA) is 73.2 Å². The summed E-state index contributed by atoms with van der Waals surface area (Å²) < 4.78 is 34.5. The molecule has 0 bridgehead atoms. The van der Waals surface area contributed by atoms with Gasteiger partial charge in [-0.15, -0.1) is 0 Å². The van der Waals surface area contributed by atoms with E-state index >= 15 is 0 Å². The monoisotopic (exact) mass is 327 g/mol. The standard InChI is InChI=1S/C13H14ClN3O3S/c1-17-8-15-13(12(17)14)21(18,19)16-10-6-7-20-11-5-3-2-4-9(10)11/h2-5,8,10,16H,6-7H2,1H3. The van der Waals surface area contributed by atoms with E-state index in [1.54, 1.807) is 7.05 Å². The van der Waals surface area contributed by atoms with Crippen molar-refractivity contribution in [3.05, 3.63) is 41.3 Å². The molecule has 0 amide bonds. The van der Waals surface area contributed by atoms with Crippen molar-refractivity contribution in [1.29, 1.82) is 0 Å². The Labute approximate surface area is 127 Å². The van der Waals surface area contributed by atoms with Crippen molar-refractivity contribution in [1.82, 2.24) is 14.3 Å². The lowest BCUT2D eigenvalue weighted by molar-refractivity contribution is 0.263. The first-order chi connectivity index (χ1) is 9.99. The van der Waals surface area contributed by atoms with Crippen LogP contribution < -0.4 is 9.46 Å². The molecule has 1 aliphatic rings. The van der Waals surface area contributed by atoms with Gasteiger partial charge in [0.05, 0.1) is 19.0 Å². The lowest BCUT2D eigenvalue weighted by Gasteiger charge is -2.26. The highest BCUT2D eigenvalue weighted by atomic mass is 35.5. The van der Waals surface area contributed by atoms with E-state index in [-0.39, 0.29) is 16.2 Å². The van der Waals surface area contributed by atoms with E-state index in [4.69, 9.17) is 16.3 Å². The quantitative estimate of drug-likeness (QED) is 0.934. The van der Waals surface area contributed by atoms with Gasteiger partial charge in [0.1, 0.15) is 10.9 Å².